The highest BCUT2D eigenvalue weighted by Crippen LogP contribution is 2.48. The summed E-state index contributed by atoms with van der Waals surface area (Å²) in [6.07, 6.45) is 5.25. The molecule has 2 saturated carbocycles. The van der Waals surface area contributed by atoms with Gasteiger partial charge in [-0.15, -0.1) is 0 Å². The van der Waals surface area contributed by atoms with E-state index in [4.69, 9.17) is 10.5 Å². The van der Waals surface area contributed by atoms with E-state index in [2.05, 4.69) is 0 Å². The molecule has 4 atom stereocenters. The lowest BCUT2D eigenvalue weighted by molar-refractivity contribution is -0.136. The second-order valence-electron chi connectivity index (χ2n) is 7.65. The average Bonchev–Trinajstić information content (AvgIpc) is 3.18. The number of rotatable bonds is 7. The van der Waals surface area contributed by atoms with Gasteiger partial charge in [-0.3, -0.25) is 4.79 Å². The minimum Gasteiger partial charge on any atom is -0.493 e. The first kappa shape index (κ1) is 19.2. The van der Waals surface area contributed by atoms with Crippen molar-refractivity contribution in [1.29, 1.82) is 0 Å². The van der Waals surface area contributed by atoms with E-state index in [0.29, 0.717) is 37.2 Å². The first-order chi connectivity index (χ1) is 12.3. The van der Waals surface area contributed by atoms with E-state index in [0.717, 1.165) is 12.8 Å². The molecule has 2 fully saturated rings. The molecule has 0 spiro atoms. The first-order valence-electron chi connectivity index (χ1n) is 9.21. The summed E-state index contributed by atoms with van der Waals surface area (Å²) < 4.78 is 28.8. The summed E-state index contributed by atoms with van der Waals surface area (Å²) in [6.45, 7) is 1.03. The van der Waals surface area contributed by atoms with Crippen LogP contribution in [-0.2, 0) is 14.6 Å². The fraction of sp³-hybridized carbons (Fsp3) is 0.632. The average molecular weight is 381 g/mol. The van der Waals surface area contributed by atoms with Gasteiger partial charge >= 0.3 is 0 Å². The van der Waals surface area contributed by atoms with Crippen LogP contribution in [-0.4, -0.2) is 51.7 Å². The quantitative estimate of drug-likeness (QED) is 0.727. The molecular weight excluding hydrogens is 352 g/mol. The standard InChI is InChI=1S/C19H28N2O4S/c1-21(19(22)17-13-7-8-14(11-13)18(17)20)9-4-10-25-15-5-3-6-16(12-15)26(2,23)24/h3,5-6,12-14,17-18H,4,7-11,20H2,1-2H3. The minimum absolute atomic E-state index is 0.0127. The molecule has 3 rings (SSSR count). The number of hydrogen-bond acceptors (Lipinski definition) is 5. The molecule has 0 heterocycles. The van der Waals surface area contributed by atoms with Crippen LogP contribution < -0.4 is 10.5 Å². The fourth-order valence-corrected chi connectivity index (χ4v) is 5.01. The molecule has 0 radical (unpaired) electrons. The molecule has 0 aromatic heterocycles. The number of carbonyl (C=O) groups excluding carboxylic acids is 1. The Morgan fingerprint density at radius 1 is 1.31 bits per heavy atom. The van der Waals surface area contributed by atoms with Gasteiger partial charge in [0.1, 0.15) is 5.75 Å². The highest BCUT2D eigenvalue weighted by Gasteiger charge is 2.49. The van der Waals surface area contributed by atoms with Crippen molar-refractivity contribution in [2.75, 3.05) is 26.5 Å². The Hall–Kier alpha value is -1.60. The maximum Gasteiger partial charge on any atom is 0.227 e. The molecule has 0 aliphatic heterocycles. The van der Waals surface area contributed by atoms with Crippen LogP contribution in [0.2, 0.25) is 0 Å². The number of benzene rings is 1. The lowest BCUT2D eigenvalue weighted by Crippen LogP contribution is -2.46. The van der Waals surface area contributed by atoms with E-state index in [1.165, 1.54) is 18.7 Å². The van der Waals surface area contributed by atoms with E-state index in [-0.39, 0.29) is 22.8 Å². The molecule has 144 valence electrons. The molecule has 7 heteroatoms. The number of carbonyl (C=O) groups is 1. The normalized spacial score (nSPS) is 27.5. The minimum atomic E-state index is -3.24. The van der Waals surface area contributed by atoms with Crippen LogP contribution in [0.1, 0.15) is 25.7 Å². The van der Waals surface area contributed by atoms with Crippen LogP contribution in [0.4, 0.5) is 0 Å². The van der Waals surface area contributed by atoms with E-state index in [1.807, 2.05) is 7.05 Å². The molecule has 1 aromatic rings. The van der Waals surface area contributed by atoms with Crippen LogP contribution in [0.3, 0.4) is 0 Å². The molecule has 4 unspecified atom stereocenters. The SMILES string of the molecule is CN(CCCOc1cccc(S(C)(=O)=O)c1)C(=O)C1C2CCC(C2)C1N. The number of fused-ring (bicyclic) bond motifs is 2. The van der Waals surface area contributed by atoms with Crippen LogP contribution in [0.5, 0.6) is 5.75 Å². The van der Waals surface area contributed by atoms with Crippen LogP contribution in [0, 0.1) is 17.8 Å². The number of amides is 1. The Kier molecular flexibility index (Phi) is 5.58. The molecule has 2 N–H and O–H groups in total. The van der Waals surface area contributed by atoms with Gasteiger partial charge in [0.15, 0.2) is 9.84 Å². The van der Waals surface area contributed by atoms with Gasteiger partial charge < -0.3 is 15.4 Å². The third-order valence-electron chi connectivity index (χ3n) is 5.78. The van der Waals surface area contributed by atoms with Gasteiger partial charge in [-0.25, -0.2) is 8.42 Å². The Morgan fingerprint density at radius 3 is 2.69 bits per heavy atom. The Labute approximate surface area is 155 Å². The van der Waals surface area contributed by atoms with Crippen molar-refractivity contribution in [2.24, 2.45) is 23.5 Å². The topological polar surface area (TPSA) is 89.7 Å². The Balaban J connectivity index is 1.46. The van der Waals surface area contributed by atoms with Crippen LogP contribution >= 0.6 is 0 Å². The Bertz CT molecular complexity index is 763. The second kappa shape index (κ2) is 7.56. The van der Waals surface area contributed by atoms with Crippen molar-refractivity contribution in [1.82, 2.24) is 4.90 Å². The van der Waals surface area contributed by atoms with Gasteiger partial charge in [0.05, 0.1) is 17.4 Å². The molecule has 26 heavy (non-hydrogen) atoms. The van der Waals surface area contributed by atoms with E-state index < -0.39 is 9.84 Å². The highest BCUT2D eigenvalue weighted by atomic mass is 32.2. The second-order valence-corrected chi connectivity index (χ2v) is 9.66. The molecule has 6 nitrogen and oxygen atoms in total. The molecule has 1 aromatic carbocycles. The predicted octanol–water partition coefficient (Wildman–Crippen LogP) is 1.69. The molecule has 2 aliphatic rings. The zero-order chi connectivity index (χ0) is 18.9. The van der Waals surface area contributed by atoms with E-state index in [9.17, 15) is 13.2 Å². The monoisotopic (exact) mass is 380 g/mol. The van der Waals surface area contributed by atoms with Crippen molar-refractivity contribution < 1.29 is 17.9 Å². The maximum absolute atomic E-state index is 12.7. The smallest absolute Gasteiger partial charge is 0.227 e. The number of nitrogens with zero attached hydrogens (tertiary/aromatic N) is 1. The van der Waals surface area contributed by atoms with Crippen molar-refractivity contribution >= 4 is 15.7 Å². The number of ether oxygens (including phenoxy) is 1. The summed E-state index contributed by atoms with van der Waals surface area (Å²) >= 11 is 0. The van der Waals surface area contributed by atoms with E-state index in [1.54, 1.807) is 23.1 Å². The zero-order valence-electron chi connectivity index (χ0n) is 15.4. The largest absolute Gasteiger partial charge is 0.493 e. The van der Waals surface area contributed by atoms with Gasteiger partial charge in [-0.2, -0.15) is 0 Å². The van der Waals surface area contributed by atoms with E-state index >= 15 is 0 Å². The van der Waals surface area contributed by atoms with Crippen LogP contribution in [0.25, 0.3) is 0 Å². The van der Waals surface area contributed by atoms with Crippen molar-refractivity contribution in [3.63, 3.8) is 0 Å². The summed E-state index contributed by atoms with van der Waals surface area (Å²) in [6, 6.07) is 6.49. The van der Waals surface area contributed by atoms with Gasteiger partial charge in [-0.05, 0) is 55.7 Å². The van der Waals surface area contributed by atoms with Gasteiger partial charge in [0, 0.05) is 25.9 Å². The lowest BCUT2D eigenvalue weighted by atomic mass is 9.84. The maximum atomic E-state index is 12.7. The molecule has 2 aliphatic carbocycles. The van der Waals surface area contributed by atoms with Crippen molar-refractivity contribution in [2.45, 2.75) is 36.6 Å². The third-order valence-corrected chi connectivity index (χ3v) is 6.89. The molecule has 2 bridgehead atoms. The van der Waals surface area contributed by atoms with Crippen LogP contribution in [0.15, 0.2) is 29.2 Å². The number of sulfone groups is 1. The number of nitrogens with two attached hydrogens (primary N) is 1. The third kappa shape index (κ3) is 4.04. The Morgan fingerprint density at radius 2 is 2.04 bits per heavy atom. The lowest BCUT2D eigenvalue weighted by Gasteiger charge is -2.30. The first-order valence-corrected chi connectivity index (χ1v) is 11.1. The fourth-order valence-electron chi connectivity index (χ4n) is 4.35. The van der Waals surface area contributed by atoms with Crippen molar-refractivity contribution in [3.05, 3.63) is 24.3 Å². The summed E-state index contributed by atoms with van der Waals surface area (Å²) in [5.41, 5.74) is 6.26. The van der Waals surface area contributed by atoms with Gasteiger partial charge in [0.25, 0.3) is 0 Å². The molecule has 0 saturated heterocycles. The summed E-state index contributed by atoms with van der Waals surface area (Å²) in [7, 11) is -1.42. The van der Waals surface area contributed by atoms with Gasteiger partial charge in [0.2, 0.25) is 5.91 Å². The van der Waals surface area contributed by atoms with Gasteiger partial charge in [-0.1, -0.05) is 6.07 Å². The number of hydrogen-bond donors (Lipinski definition) is 1. The summed E-state index contributed by atoms with van der Waals surface area (Å²) in [4.78, 5) is 14.7. The predicted molar refractivity (Wildman–Crippen MR) is 99.6 cm³/mol. The summed E-state index contributed by atoms with van der Waals surface area (Å²) in [5.74, 6) is 1.64. The summed E-state index contributed by atoms with van der Waals surface area (Å²) in [5, 5.41) is 0. The highest BCUT2D eigenvalue weighted by molar-refractivity contribution is 7.90. The van der Waals surface area contributed by atoms with Crippen molar-refractivity contribution in [3.8, 4) is 5.75 Å². The zero-order valence-corrected chi connectivity index (χ0v) is 16.2. The molecule has 1 amide bonds. The molecular formula is C19H28N2O4S.